The van der Waals surface area contributed by atoms with Crippen LogP contribution >= 0.6 is 0 Å². The van der Waals surface area contributed by atoms with E-state index >= 15 is 0 Å². The van der Waals surface area contributed by atoms with Gasteiger partial charge in [-0.05, 0) is 25.7 Å². The van der Waals surface area contributed by atoms with Gasteiger partial charge in [0.2, 0.25) is 0 Å². The van der Waals surface area contributed by atoms with Crippen molar-refractivity contribution in [3.63, 3.8) is 0 Å². The Morgan fingerprint density at radius 1 is 1.44 bits per heavy atom. The van der Waals surface area contributed by atoms with Crippen LogP contribution in [0.15, 0.2) is 18.7 Å². The van der Waals surface area contributed by atoms with Crippen LogP contribution in [0.4, 0.5) is 4.79 Å². The number of carbonyl (C=O) groups is 1. The third-order valence-corrected chi connectivity index (χ3v) is 3.45. The van der Waals surface area contributed by atoms with Crippen LogP contribution < -0.4 is 5.32 Å². The highest BCUT2D eigenvalue weighted by atomic mass is 16.2. The Labute approximate surface area is 96.1 Å². The van der Waals surface area contributed by atoms with Crippen molar-refractivity contribution in [1.82, 2.24) is 14.9 Å². The van der Waals surface area contributed by atoms with E-state index in [1.54, 1.807) is 12.4 Å². The van der Waals surface area contributed by atoms with Gasteiger partial charge in [0, 0.05) is 18.4 Å². The lowest BCUT2D eigenvalue weighted by atomic mass is 9.85. The monoisotopic (exact) mass is 221 g/mol. The minimum atomic E-state index is -0.0735. The third kappa shape index (κ3) is 2.62. The number of hydrogen-bond donors (Lipinski definition) is 1. The van der Waals surface area contributed by atoms with E-state index in [1.807, 2.05) is 0 Å². The molecule has 1 fully saturated rings. The Hall–Kier alpha value is -1.32. The van der Waals surface area contributed by atoms with Gasteiger partial charge in [-0.2, -0.15) is 0 Å². The van der Waals surface area contributed by atoms with Gasteiger partial charge >= 0.3 is 6.03 Å². The van der Waals surface area contributed by atoms with E-state index in [1.165, 1.54) is 43.0 Å². The second-order valence-electron chi connectivity index (χ2n) is 4.61. The van der Waals surface area contributed by atoms with Crippen molar-refractivity contribution in [2.24, 2.45) is 5.92 Å². The molecule has 2 rings (SSSR count). The minimum absolute atomic E-state index is 0.0735. The number of hydrogen-bond acceptors (Lipinski definition) is 2. The van der Waals surface area contributed by atoms with Crippen LogP contribution in [0.25, 0.3) is 0 Å². The maximum Gasteiger partial charge on any atom is 0.327 e. The first kappa shape index (κ1) is 11.2. The van der Waals surface area contributed by atoms with Gasteiger partial charge in [-0.3, -0.25) is 4.57 Å². The molecule has 1 aliphatic carbocycles. The first-order valence-electron chi connectivity index (χ1n) is 6.06. The van der Waals surface area contributed by atoms with Crippen molar-refractivity contribution in [2.75, 3.05) is 0 Å². The van der Waals surface area contributed by atoms with E-state index < -0.39 is 0 Å². The predicted octanol–water partition coefficient (Wildman–Crippen LogP) is 2.41. The number of aromatic nitrogens is 2. The molecule has 1 amide bonds. The summed E-state index contributed by atoms with van der Waals surface area (Å²) in [6.07, 6.45) is 11.2. The molecule has 1 aliphatic rings. The number of rotatable bonds is 2. The summed E-state index contributed by atoms with van der Waals surface area (Å²) in [4.78, 5) is 15.6. The van der Waals surface area contributed by atoms with Crippen molar-refractivity contribution in [1.29, 1.82) is 0 Å². The molecule has 88 valence electrons. The summed E-state index contributed by atoms with van der Waals surface area (Å²) in [5.41, 5.74) is 0. The van der Waals surface area contributed by atoms with Crippen molar-refractivity contribution >= 4 is 6.03 Å². The standard InChI is InChI=1S/C12H19N3O/c1-10(11-5-3-2-4-6-11)14-12(16)15-8-7-13-9-15/h7-11H,2-6H2,1H3,(H,14,16)/t10-/m0/s1. The molecule has 0 bridgehead atoms. The second kappa shape index (κ2) is 5.14. The molecule has 1 N–H and O–H groups in total. The van der Waals surface area contributed by atoms with Crippen LogP contribution in [0.1, 0.15) is 39.0 Å². The molecule has 1 saturated carbocycles. The highest BCUT2D eigenvalue weighted by Gasteiger charge is 2.21. The molecule has 4 heteroatoms. The summed E-state index contributed by atoms with van der Waals surface area (Å²) < 4.78 is 1.49. The Bertz CT molecular complexity index is 328. The Kier molecular flexibility index (Phi) is 3.59. The molecule has 1 aromatic rings. The van der Waals surface area contributed by atoms with Crippen molar-refractivity contribution < 1.29 is 4.79 Å². The van der Waals surface area contributed by atoms with E-state index in [0.29, 0.717) is 5.92 Å². The molecule has 1 aromatic heterocycles. The zero-order valence-electron chi connectivity index (χ0n) is 9.72. The van der Waals surface area contributed by atoms with Gasteiger partial charge in [0.1, 0.15) is 6.33 Å². The SMILES string of the molecule is C[C@H](NC(=O)n1ccnc1)C1CCCCC1. The molecule has 0 aromatic carbocycles. The smallest absolute Gasteiger partial charge is 0.327 e. The van der Waals surface area contributed by atoms with Gasteiger partial charge in [0.15, 0.2) is 0 Å². The molecule has 16 heavy (non-hydrogen) atoms. The highest BCUT2D eigenvalue weighted by molar-refractivity contribution is 5.76. The second-order valence-corrected chi connectivity index (χ2v) is 4.61. The molecule has 0 spiro atoms. The van der Waals surface area contributed by atoms with Crippen LogP contribution in [0.5, 0.6) is 0 Å². The minimum Gasteiger partial charge on any atom is -0.335 e. The quantitative estimate of drug-likeness (QED) is 0.833. The molecule has 1 atom stereocenters. The molecular formula is C12H19N3O. The maximum atomic E-state index is 11.8. The number of imidazole rings is 1. The van der Waals surface area contributed by atoms with Gasteiger partial charge in [0.25, 0.3) is 0 Å². The van der Waals surface area contributed by atoms with Crippen LogP contribution in [0.2, 0.25) is 0 Å². The maximum absolute atomic E-state index is 11.8. The van der Waals surface area contributed by atoms with Gasteiger partial charge in [-0.15, -0.1) is 0 Å². The summed E-state index contributed by atoms with van der Waals surface area (Å²) in [5, 5.41) is 3.04. The summed E-state index contributed by atoms with van der Waals surface area (Å²) in [5.74, 6) is 0.640. The van der Waals surface area contributed by atoms with Crippen LogP contribution in [0.3, 0.4) is 0 Å². The van der Waals surface area contributed by atoms with E-state index in [4.69, 9.17) is 0 Å². The summed E-state index contributed by atoms with van der Waals surface area (Å²) in [6.45, 7) is 2.10. The van der Waals surface area contributed by atoms with E-state index in [0.717, 1.165) is 0 Å². The molecule has 0 aliphatic heterocycles. The van der Waals surface area contributed by atoms with Crippen molar-refractivity contribution in [3.05, 3.63) is 18.7 Å². The Morgan fingerprint density at radius 2 is 2.19 bits per heavy atom. The van der Waals surface area contributed by atoms with Crippen LogP contribution in [-0.2, 0) is 0 Å². The largest absolute Gasteiger partial charge is 0.335 e. The first-order valence-corrected chi connectivity index (χ1v) is 6.06. The predicted molar refractivity (Wildman–Crippen MR) is 62.2 cm³/mol. The summed E-state index contributed by atoms with van der Waals surface area (Å²) in [7, 11) is 0. The average Bonchev–Trinajstić information content (AvgIpc) is 2.83. The van der Waals surface area contributed by atoms with Gasteiger partial charge in [0.05, 0.1) is 0 Å². The van der Waals surface area contributed by atoms with Gasteiger partial charge in [-0.1, -0.05) is 19.3 Å². The fourth-order valence-corrected chi connectivity index (χ4v) is 2.40. The normalized spacial score (nSPS) is 19.3. The highest BCUT2D eigenvalue weighted by Crippen LogP contribution is 2.26. The number of amides is 1. The van der Waals surface area contributed by atoms with E-state index in [-0.39, 0.29) is 12.1 Å². The fourth-order valence-electron chi connectivity index (χ4n) is 2.40. The van der Waals surface area contributed by atoms with Gasteiger partial charge in [-0.25, -0.2) is 9.78 Å². The van der Waals surface area contributed by atoms with Crippen LogP contribution in [0, 0.1) is 5.92 Å². The zero-order chi connectivity index (χ0) is 11.4. The molecule has 4 nitrogen and oxygen atoms in total. The molecule has 0 unspecified atom stereocenters. The number of carbonyl (C=O) groups excluding carboxylic acids is 1. The summed E-state index contributed by atoms with van der Waals surface area (Å²) >= 11 is 0. The Balaban J connectivity index is 1.86. The lowest BCUT2D eigenvalue weighted by molar-refractivity contribution is 0.226. The van der Waals surface area contributed by atoms with Crippen LogP contribution in [-0.4, -0.2) is 21.6 Å². The van der Waals surface area contributed by atoms with Crippen molar-refractivity contribution in [2.45, 2.75) is 45.1 Å². The Morgan fingerprint density at radius 3 is 2.81 bits per heavy atom. The van der Waals surface area contributed by atoms with E-state index in [9.17, 15) is 4.79 Å². The lowest BCUT2D eigenvalue weighted by Crippen LogP contribution is -2.40. The summed E-state index contributed by atoms with van der Waals surface area (Å²) in [6, 6.07) is 0.186. The third-order valence-electron chi connectivity index (χ3n) is 3.45. The number of nitrogens with zero attached hydrogens (tertiary/aromatic N) is 2. The molecule has 0 radical (unpaired) electrons. The van der Waals surface area contributed by atoms with E-state index in [2.05, 4.69) is 17.2 Å². The van der Waals surface area contributed by atoms with Gasteiger partial charge < -0.3 is 5.32 Å². The molecular weight excluding hydrogens is 202 g/mol. The zero-order valence-corrected chi connectivity index (χ0v) is 9.72. The molecule has 1 heterocycles. The lowest BCUT2D eigenvalue weighted by Gasteiger charge is -2.28. The molecule has 0 saturated heterocycles. The van der Waals surface area contributed by atoms with Crippen molar-refractivity contribution in [3.8, 4) is 0 Å². The topological polar surface area (TPSA) is 46.9 Å². The average molecular weight is 221 g/mol. The first-order chi connectivity index (χ1) is 7.77. The fraction of sp³-hybridized carbons (Fsp3) is 0.667. The number of nitrogens with one attached hydrogen (secondary N) is 1.